The van der Waals surface area contributed by atoms with Gasteiger partial charge < -0.3 is 14.2 Å². The average Bonchev–Trinajstić information content (AvgIpc) is 3.21. The fraction of sp³-hybridized carbons (Fsp3) is 0.824. The molecule has 0 N–H and O–H groups in total. The maximum absolute atomic E-state index is 12.7. The third-order valence-electron chi connectivity index (χ3n) is 10.6. The molecule has 57 heavy (non-hydrogen) atoms. The average molecular weight is 801 g/mol. The Morgan fingerprint density at radius 2 is 0.667 bits per heavy atom. The highest BCUT2D eigenvalue weighted by molar-refractivity contribution is 5.71. The van der Waals surface area contributed by atoms with Crippen LogP contribution >= 0.6 is 0 Å². The molecule has 332 valence electrons. The van der Waals surface area contributed by atoms with Crippen molar-refractivity contribution in [3.63, 3.8) is 0 Å². The van der Waals surface area contributed by atoms with E-state index in [1.807, 2.05) is 0 Å². The topological polar surface area (TPSA) is 78.9 Å². The number of unbranched alkanes of at least 4 members (excludes halogenated alkanes) is 27. The lowest BCUT2D eigenvalue weighted by atomic mass is 10.1. The van der Waals surface area contributed by atoms with Crippen LogP contribution in [0, 0.1) is 0 Å². The van der Waals surface area contributed by atoms with Gasteiger partial charge in [-0.3, -0.25) is 14.4 Å². The van der Waals surface area contributed by atoms with Crippen LogP contribution in [-0.4, -0.2) is 37.2 Å². The maximum atomic E-state index is 12.7. The zero-order valence-electron chi connectivity index (χ0n) is 37.9. The Morgan fingerprint density at radius 1 is 0.351 bits per heavy atom. The highest BCUT2D eigenvalue weighted by Crippen LogP contribution is 2.14. The molecule has 0 aromatic heterocycles. The van der Waals surface area contributed by atoms with Crippen LogP contribution in [0.4, 0.5) is 0 Å². The van der Waals surface area contributed by atoms with Crippen LogP contribution in [0.15, 0.2) is 36.5 Å². The monoisotopic (exact) mass is 801 g/mol. The second kappa shape index (κ2) is 46.3. The first-order chi connectivity index (χ1) is 28.0. The van der Waals surface area contributed by atoms with E-state index in [1.165, 1.54) is 116 Å². The molecule has 6 heteroatoms. The second-order valence-electron chi connectivity index (χ2n) is 16.4. The summed E-state index contributed by atoms with van der Waals surface area (Å²) in [5.74, 6) is -0.896. The lowest BCUT2D eigenvalue weighted by Crippen LogP contribution is -2.30. The Bertz CT molecular complexity index is 969. The van der Waals surface area contributed by atoms with E-state index in [2.05, 4.69) is 57.2 Å². The zero-order valence-corrected chi connectivity index (χ0v) is 37.9. The van der Waals surface area contributed by atoms with Gasteiger partial charge in [0.05, 0.1) is 0 Å². The summed E-state index contributed by atoms with van der Waals surface area (Å²) in [7, 11) is 0. The molecule has 0 aliphatic heterocycles. The maximum Gasteiger partial charge on any atom is 0.306 e. The normalized spacial score (nSPS) is 12.3. The number of hydrogen-bond donors (Lipinski definition) is 0. The molecule has 0 fully saturated rings. The summed E-state index contributed by atoms with van der Waals surface area (Å²) >= 11 is 0. The summed E-state index contributed by atoms with van der Waals surface area (Å²) < 4.78 is 16.7. The quantitative estimate of drug-likeness (QED) is 0.0264. The van der Waals surface area contributed by atoms with E-state index in [-0.39, 0.29) is 31.1 Å². The molecule has 0 saturated heterocycles. The Hall–Kier alpha value is -2.37. The van der Waals surface area contributed by atoms with Crippen molar-refractivity contribution in [3.05, 3.63) is 36.5 Å². The van der Waals surface area contributed by atoms with Crippen LogP contribution in [0.2, 0.25) is 0 Å². The Morgan fingerprint density at radius 3 is 1.05 bits per heavy atom. The molecule has 6 nitrogen and oxygen atoms in total. The van der Waals surface area contributed by atoms with Gasteiger partial charge in [-0.25, -0.2) is 0 Å². The summed E-state index contributed by atoms with van der Waals surface area (Å²) in [5.41, 5.74) is 0. The van der Waals surface area contributed by atoms with Crippen LogP contribution < -0.4 is 0 Å². The van der Waals surface area contributed by atoms with Crippen molar-refractivity contribution in [1.82, 2.24) is 0 Å². The first-order valence-electron chi connectivity index (χ1n) is 24.5. The molecule has 0 spiro atoms. The van der Waals surface area contributed by atoms with Gasteiger partial charge in [0, 0.05) is 19.3 Å². The van der Waals surface area contributed by atoms with Crippen molar-refractivity contribution in [2.75, 3.05) is 13.2 Å². The summed E-state index contributed by atoms with van der Waals surface area (Å²) in [5, 5.41) is 0. The van der Waals surface area contributed by atoms with E-state index in [4.69, 9.17) is 14.2 Å². The molecule has 0 heterocycles. The summed E-state index contributed by atoms with van der Waals surface area (Å²) in [4.78, 5) is 37.8. The van der Waals surface area contributed by atoms with Crippen LogP contribution in [0.5, 0.6) is 0 Å². The lowest BCUT2D eigenvalue weighted by Gasteiger charge is -2.18. The number of carbonyl (C=O) groups excluding carboxylic acids is 3. The molecule has 0 aliphatic carbocycles. The molecule has 0 radical (unpaired) electrons. The third-order valence-corrected chi connectivity index (χ3v) is 10.6. The van der Waals surface area contributed by atoms with Crippen LogP contribution in [0.1, 0.15) is 252 Å². The van der Waals surface area contributed by atoms with E-state index < -0.39 is 6.10 Å². The van der Waals surface area contributed by atoms with Gasteiger partial charge in [-0.1, -0.05) is 198 Å². The molecule has 1 atom stereocenters. The molecule has 0 rings (SSSR count). The van der Waals surface area contributed by atoms with Crippen LogP contribution in [0.25, 0.3) is 0 Å². The molecule has 0 amide bonds. The predicted octanol–water partition coefficient (Wildman–Crippen LogP) is 15.8. The van der Waals surface area contributed by atoms with E-state index >= 15 is 0 Å². The van der Waals surface area contributed by atoms with Crippen molar-refractivity contribution in [3.8, 4) is 0 Å². The molecule has 0 aromatic rings. The number of esters is 3. The number of carbonyl (C=O) groups is 3. The van der Waals surface area contributed by atoms with Crippen molar-refractivity contribution in [1.29, 1.82) is 0 Å². The minimum atomic E-state index is -0.777. The van der Waals surface area contributed by atoms with E-state index in [0.29, 0.717) is 19.3 Å². The van der Waals surface area contributed by atoms with Crippen LogP contribution in [-0.2, 0) is 28.6 Å². The van der Waals surface area contributed by atoms with Crippen molar-refractivity contribution in [2.24, 2.45) is 0 Å². The van der Waals surface area contributed by atoms with Gasteiger partial charge in [-0.05, 0) is 70.6 Å². The predicted molar refractivity (Wildman–Crippen MR) is 242 cm³/mol. The summed E-state index contributed by atoms with van der Waals surface area (Å²) in [6.45, 7) is 6.55. The molecule has 1 unspecified atom stereocenters. The van der Waals surface area contributed by atoms with E-state index in [9.17, 15) is 14.4 Å². The minimum absolute atomic E-state index is 0.0782. The molecule has 0 bridgehead atoms. The fourth-order valence-corrected chi connectivity index (χ4v) is 6.89. The highest BCUT2D eigenvalue weighted by Gasteiger charge is 2.19. The smallest absolute Gasteiger partial charge is 0.306 e. The van der Waals surface area contributed by atoms with Gasteiger partial charge in [0.15, 0.2) is 6.10 Å². The number of allylic oxidation sites excluding steroid dienone is 6. The second-order valence-corrected chi connectivity index (χ2v) is 16.4. The van der Waals surface area contributed by atoms with Gasteiger partial charge in [0.2, 0.25) is 0 Å². The van der Waals surface area contributed by atoms with Crippen LogP contribution in [0.3, 0.4) is 0 Å². The van der Waals surface area contributed by atoms with Gasteiger partial charge in [-0.15, -0.1) is 0 Å². The van der Waals surface area contributed by atoms with E-state index in [0.717, 1.165) is 96.3 Å². The van der Waals surface area contributed by atoms with Crippen molar-refractivity contribution in [2.45, 2.75) is 258 Å². The van der Waals surface area contributed by atoms with Gasteiger partial charge in [-0.2, -0.15) is 0 Å². The fourth-order valence-electron chi connectivity index (χ4n) is 6.89. The first kappa shape index (κ1) is 54.6. The molecule has 0 aliphatic rings. The van der Waals surface area contributed by atoms with Crippen molar-refractivity contribution < 1.29 is 28.6 Å². The Labute approximate surface area is 353 Å². The number of hydrogen-bond acceptors (Lipinski definition) is 6. The lowest BCUT2D eigenvalue weighted by molar-refractivity contribution is -0.167. The molecular weight excluding hydrogens is 709 g/mol. The minimum Gasteiger partial charge on any atom is -0.462 e. The summed E-state index contributed by atoms with van der Waals surface area (Å²) in [6, 6.07) is 0. The first-order valence-corrected chi connectivity index (χ1v) is 24.5. The highest BCUT2D eigenvalue weighted by atomic mass is 16.6. The number of ether oxygens (including phenoxy) is 3. The number of rotatable bonds is 44. The van der Waals surface area contributed by atoms with Gasteiger partial charge in [0.1, 0.15) is 13.2 Å². The third kappa shape index (κ3) is 44.6. The van der Waals surface area contributed by atoms with Crippen molar-refractivity contribution >= 4 is 17.9 Å². The molecule has 0 aromatic carbocycles. The van der Waals surface area contributed by atoms with Gasteiger partial charge >= 0.3 is 17.9 Å². The zero-order chi connectivity index (χ0) is 41.5. The van der Waals surface area contributed by atoms with Gasteiger partial charge in [0.25, 0.3) is 0 Å². The Balaban J connectivity index is 4.38. The molecular formula is C51H92O6. The Kier molecular flexibility index (Phi) is 44.4. The van der Waals surface area contributed by atoms with E-state index in [1.54, 1.807) is 0 Å². The largest absolute Gasteiger partial charge is 0.462 e. The SMILES string of the molecule is CCC/C=C\C/C=C\CCCCCCCC(=O)OC(COC(=O)CCCCCCC/C=C\CCCCCCCC)COC(=O)CCCCCCCCCCCCC. The standard InChI is InChI=1S/C51H92O6/c1-4-7-10-13-16-19-22-24-25-27-29-32-35-38-41-44-50(53)56-47-48(46-55-49(52)43-40-37-34-31-28-21-18-15-12-9-6-3)57-51(54)45-42-39-36-33-30-26-23-20-17-14-11-8-5-2/h11,14,20,23-25,48H,4-10,12-13,15-19,21-22,26-47H2,1-3H3/b14-11-,23-20-,25-24-. The summed E-state index contributed by atoms with van der Waals surface area (Å²) in [6.07, 6.45) is 52.6. The molecule has 0 saturated carbocycles.